The Labute approximate surface area is 97.6 Å². The van der Waals surface area contributed by atoms with Crippen LogP contribution in [0.3, 0.4) is 0 Å². The van der Waals surface area contributed by atoms with Crippen molar-refractivity contribution in [3.63, 3.8) is 0 Å². The second-order valence-corrected chi connectivity index (χ2v) is 4.10. The van der Waals surface area contributed by atoms with Crippen molar-refractivity contribution in [1.29, 1.82) is 0 Å². The van der Waals surface area contributed by atoms with Crippen LogP contribution in [0.4, 0.5) is 14.5 Å². The van der Waals surface area contributed by atoms with E-state index in [1.165, 1.54) is 6.07 Å². The summed E-state index contributed by atoms with van der Waals surface area (Å²) in [7, 11) is 1.74. The first kappa shape index (κ1) is 11.8. The average Bonchev–Trinajstić information content (AvgIpc) is 2.59. The van der Waals surface area contributed by atoms with Crippen molar-refractivity contribution in [2.45, 2.75) is 6.42 Å². The van der Waals surface area contributed by atoms with Gasteiger partial charge in [-0.2, -0.15) is 13.8 Å². The van der Waals surface area contributed by atoms with Gasteiger partial charge < -0.3 is 10.2 Å². The molecule has 2 rings (SSSR count). The largest absolute Gasteiger partial charge is 0.381 e. The molecule has 1 atom stereocenters. The molecule has 1 aliphatic heterocycles. The third-order valence-electron chi connectivity index (χ3n) is 2.89. The lowest BCUT2D eigenvalue weighted by Gasteiger charge is -2.12. The Balaban J connectivity index is 1.96. The van der Waals surface area contributed by atoms with Crippen LogP contribution in [0, 0.1) is 17.8 Å². The molecule has 1 aromatic heterocycles. The van der Waals surface area contributed by atoms with Gasteiger partial charge in [-0.3, -0.25) is 4.79 Å². The second kappa shape index (κ2) is 4.65. The van der Waals surface area contributed by atoms with E-state index < -0.39 is 11.9 Å². The van der Waals surface area contributed by atoms with Crippen LogP contribution in [0.15, 0.2) is 12.1 Å². The molecule has 0 saturated carbocycles. The molecule has 1 N–H and O–H groups in total. The molecule has 0 aromatic carbocycles. The van der Waals surface area contributed by atoms with E-state index in [4.69, 9.17) is 0 Å². The molecule has 1 aromatic rings. The van der Waals surface area contributed by atoms with Crippen molar-refractivity contribution in [3.8, 4) is 0 Å². The van der Waals surface area contributed by atoms with E-state index in [9.17, 15) is 13.6 Å². The highest BCUT2D eigenvalue weighted by molar-refractivity contribution is 5.81. The number of aromatic nitrogens is 1. The number of amides is 1. The van der Waals surface area contributed by atoms with Crippen molar-refractivity contribution in [3.05, 3.63) is 24.0 Å². The number of likely N-dealkylation sites (tertiary alicyclic amines) is 1. The van der Waals surface area contributed by atoms with Gasteiger partial charge in [0, 0.05) is 20.1 Å². The number of anilines is 1. The fraction of sp³-hybridized carbons (Fsp3) is 0.455. The van der Waals surface area contributed by atoms with Crippen LogP contribution in [-0.4, -0.2) is 35.9 Å². The molecule has 1 amide bonds. The quantitative estimate of drug-likeness (QED) is 0.810. The molecule has 6 heteroatoms. The van der Waals surface area contributed by atoms with E-state index in [2.05, 4.69) is 10.3 Å². The Morgan fingerprint density at radius 2 is 2.29 bits per heavy atom. The van der Waals surface area contributed by atoms with Gasteiger partial charge in [-0.05, 0) is 18.6 Å². The molecule has 4 nitrogen and oxygen atoms in total. The van der Waals surface area contributed by atoms with E-state index in [1.54, 1.807) is 11.9 Å². The summed E-state index contributed by atoms with van der Waals surface area (Å²) in [6, 6.07) is 2.36. The maximum atomic E-state index is 13.2. The van der Waals surface area contributed by atoms with Gasteiger partial charge in [-0.1, -0.05) is 0 Å². The van der Waals surface area contributed by atoms with Crippen LogP contribution < -0.4 is 5.32 Å². The van der Waals surface area contributed by atoms with Crippen molar-refractivity contribution in [2.24, 2.45) is 5.92 Å². The number of nitrogens with zero attached hydrogens (tertiary/aromatic N) is 2. The highest BCUT2D eigenvalue weighted by atomic mass is 19.1. The minimum Gasteiger partial charge on any atom is -0.381 e. The predicted octanol–water partition coefficient (Wildman–Crippen LogP) is 1.25. The predicted molar refractivity (Wildman–Crippen MR) is 58.4 cm³/mol. The topological polar surface area (TPSA) is 45.2 Å². The molecule has 1 saturated heterocycles. The summed E-state index contributed by atoms with van der Waals surface area (Å²) in [5.41, 5.74) is 0.119. The van der Waals surface area contributed by atoms with Gasteiger partial charge in [0.15, 0.2) is 0 Å². The molecule has 92 valence electrons. The highest BCUT2D eigenvalue weighted by Crippen LogP contribution is 2.18. The van der Waals surface area contributed by atoms with Gasteiger partial charge in [-0.15, -0.1) is 0 Å². The van der Waals surface area contributed by atoms with Crippen molar-refractivity contribution >= 4 is 11.6 Å². The smallest absolute Gasteiger partial charge is 0.238 e. The Morgan fingerprint density at radius 3 is 2.88 bits per heavy atom. The minimum absolute atomic E-state index is 0.0491. The normalized spacial score (nSPS) is 19.8. The van der Waals surface area contributed by atoms with E-state index >= 15 is 0 Å². The maximum Gasteiger partial charge on any atom is 0.238 e. The van der Waals surface area contributed by atoms with Gasteiger partial charge in [0.05, 0.1) is 11.6 Å². The Morgan fingerprint density at radius 1 is 1.53 bits per heavy atom. The molecule has 0 aliphatic carbocycles. The first-order chi connectivity index (χ1) is 8.08. The molecule has 1 aliphatic rings. The first-order valence-corrected chi connectivity index (χ1v) is 5.39. The van der Waals surface area contributed by atoms with Crippen LogP contribution >= 0.6 is 0 Å². The van der Waals surface area contributed by atoms with Crippen LogP contribution in [0.5, 0.6) is 0 Å². The van der Waals surface area contributed by atoms with E-state index in [0.29, 0.717) is 6.54 Å². The zero-order valence-corrected chi connectivity index (χ0v) is 9.41. The summed E-state index contributed by atoms with van der Waals surface area (Å²) < 4.78 is 25.8. The monoisotopic (exact) mass is 241 g/mol. The maximum absolute atomic E-state index is 13.2. The van der Waals surface area contributed by atoms with E-state index in [1.807, 2.05) is 0 Å². The van der Waals surface area contributed by atoms with Crippen LogP contribution in [0.25, 0.3) is 0 Å². The summed E-state index contributed by atoms with van der Waals surface area (Å²) >= 11 is 0. The number of rotatable bonds is 3. The molecule has 0 unspecified atom stereocenters. The lowest BCUT2D eigenvalue weighted by Crippen LogP contribution is -2.26. The minimum atomic E-state index is -0.885. The van der Waals surface area contributed by atoms with Crippen molar-refractivity contribution in [2.75, 3.05) is 25.5 Å². The Bertz CT molecular complexity index is 439. The Hall–Kier alpha value is -1.72. The van der Waals surface area contributed by atoms with Crippen molar-refractivity contribution < 1.29 is 13.6 Å². The van der Waals surface area contributed by atoms with Crippen LogP contribution in [0.2, 0.25) is 0 Å². The molecular weight excluding hydrogens is 228 g/mol. The highest BCUT2D eigenvalue weighted by Gasteiger charge is 2.28. The average molecular weight is 241 g/mol. The number of nitrogens with one attached hydrogen (secondary N) is 1. The summed E-state index contributed by atoms with van der Waals surface area (Å²) in [4.78, 5) is 16.3. The fourth-order valence-corrected chi connectivity index (χ4v) is 1.86. The molecule has 0 bridgehead atoms. The van der Waals surface area contributed by atoms with Gasteiger partial charge in [-0.25, -0.2) is 0 Å². The number of carbonyl (C=O) groups excluding carboxylic acids is 1. The van der Waals surface area contributed by atoms with Gasteiger partial charge in [0.2, 0.25) is 17.8 Å². The summed E-state index contributed by atoms with van der Waals surface area (Å²) in [5.74, 6) is -1.84. The standard InChI is InChI=1S/C11H13F2N3O/c1-16-5-4-7(11(16)17)6-14-8-2-3-9(12)15-10(8)13/h2-3,7,14H,4-6H2,1H3/t7-/m0/s1. The molecule has 1 fully saturated rings. The SMILES string of the molecule is CN1CC[C@@H](CNc2ccc(F)nc2F)C1=O. The molecule has 0 spiro atoms. The van der Waals surface area contributed by atoms with Crippen molar-refractivity contribution in [1.82, 2.24) is 9.88 Å². The first-order valence-electron chi connectivity index (χ1n) is 5.39. The lowest BCUT2D eigenvalue weighted by molar-refractivity contribution is -0.129. The second-order valence-electron chi connectivity index (χ2n) is 4.10. The third kappa shape index (κ3) is 2.51. The molecule has 2 heterocycles. The van der Waals surface area contributed by atoms with Gasteiger partial charge in [0.1, 0.15) is 0 Å². The summed E-state index contributed by atoms with van der Waals surface area (Å²) in [6.07, 6.45) is 0.749. The summed E-state index contributed by atoms with van der Waals surface area (Å²) in [5, 5.41) is 2.78. The van der Waals surface area contributed by atoms with Gasteiger partial charge >= 0.3 is 0 Å². The number of carbonyl (C=O) groups is 1. The number of pyridine rings is 1. The Kier molecular flexibility index (Phi) is 3.21. The lowest BCUT2D eigenvalue weighted by atomic mass is 10.1. The van der Waals surface area contributed by atoms with Crippen LogP contribution in [0.1, 0.15) is 6.42 Å². The molecule has 0 radical (unpaired) electrons. The molecule has 17 heavy (non-hydrogen) atoms. The number of halogens is 2. The fourth-order valence-electron chi connectivity index (χ4n) is 1.86. The number of hydrogen-bond acceptors (Lipinski definition) is 3. The van der Waals surface area contributed by atoms with Crippen LogP contribution in [-0.2, 0) is 4.79 Å². The zero-order chi connectivity index (χ0) is 12.4. The summed E-state index contributed by atoms with van der Waals surface area (Å²) in [6.45, 7) is 1.06. The van der Waals surface area contributed by atoms with E-state index in [-0.39, 0.29) is 17.5 Å². The third-order valence-corrected chi connectivity index (χ3v) is 2.89. The molecular formula is C11H13F2N3O. The zero-order valence-electron chi connectivity index (χ0n) is 9.41. The number of hydrogen-bond donors (Lipinski definition) is 1. The van der Waals surface area contributed by atoms with E-state index in [0.717, 1.165) is 19.0 Å². The van der Waals surface area contributed by atoms with Gasteiger partial charge in [0.25, 0.3) is 0 Å².